The Kier molecular flexibility index (Phi) is 6.57. The van der Waals surface area contributed by atoms with Crippen LogP contribution in [0.4, 0.5) is 0 Å². The summed E-state index contributed by atoms with van der Waals surface area (Å²) in [5.74, 6) is 1.22. The number of aromatic nitrogens is 1. The van der Waals surface area contributed by atoms with E-state index < -0.39 is 0 Å². The molecule has 0 saturated carbocycles. The van der Waals surface area contributed by atoms with Gasteiger partial charge >= 0.3 is 0 Å². The number of piperidine rings is 1. The van der Waals surface area contributed by atoms with Crippen molar-refractivity contribution in [2.24, 2.45) is 5.92 Å². The minimum atomic E-state index is 0.0433. The summed E-state index contributed by atoms with van der Waals surface area (Å²) in [5.41, 5.74) is 4.75. The summed E-state index contributed by atoms with van der Waals surface area (Å²) in [7, 11) is 1.62. The van der Waals surface area contributed by atoms with E-state index in [1.807, 2.05) is 51.9 Å². The second-order valence-electron chi connectivity index (χ2n) is 10.4. The molecule has 37 heavy (non-hydrogen) atoms. The number of methoxy groups -OCH3 is 1. The molecule has 2 bridgehead atoms. The lowest BCUT2D eigenvalue weighted by Gasteiger charge is -2.43. The van der Waals surface area contributed by atoms with E-state index in [9.17, 15) is 9.59 Å². The standard InChI is InChI=1S/C30H33N3O4/c1-36-25-8-6-22(7-9-25)29(34)32-17-21-16-24(20-32)28-11-10-27(30(35)33(28)18-21)26-5-3-2-4-23(26)19-31-12-14-37-15-13-31/h2-11,21,24H,12-20H2,1H3. The van der Waals surface area contributed by atoms with Crippen LogP contribution in [0.25, 0.3) is 11.1 Å². The molecular weight excluding hydrogens is 466 g/mol. The highest BCUT2D eigenvalue weighted by Crippen LogP contribution is 2.36. The molecule has 0 spiro atoms. The van der Waals surface area contributed by atoms with Crippen molar-refractivity contribution in [2.75, 3.05) is 46.5 Å². The van der Waals surface area contributed by atoms with Crippen LogP contribution >= 0.6 is 0 Å². The topological polar surface area (TPSA) is 64.0 Å². The van der Waals surface area contributed by atoms with Gasteiger partial charge in [-0.1, -0.05) is 24.3 Å². The molecular formula is C30H33N3O4. The number of rotatable bonds is 5. The van der Waals surface area contributed by atoms with Crippen LogP contribution < -0.4 is 10.3 Å². The molecule has 3 aromatic rings. The average Bonchev–Trinajstić information content (AvgIpc) is 2.94. The Balaban J connectivity index is 1.26. The number of ether oxygens (including phenoxy) is 2. The number of morpholine rings is 1. The molecule has 192 valence electrons. The van der Waals surface area contributed by atoms with Gasteiger partial charge in [-0.05, 0) is 59.9 Å². The summed E-state index contributed by atoms with van der Waals surface area (Å²) < 4.78 is 12.7. The van der Waals surface area contributed by atoms with E-state index in [-0.39, 0.29) is 23.3 Å². The molecule has 4 heterocycles. The maximum absolute atomic E-state index is 13.8. The first-order valence-corrected chi connectivity index (χ1v) is 13.2. The molecule has 3 aliphatic heterocycles. The van der Waals surface area contributed by atoms with Gasteiger partial charge in [-0.2, -0.15) is 0 Å². The monoisotopic (exact) mass is 499 g/mol. The van der Waals surface area contributed by atoms with Crippen molar-refractivity contribution in [2.45, 2.75) is 25.4 Å². The predicted octanol–water partition coefficient (Wildman–Crippen LogP) is 3.62. The molecule has 7 heteroatoms. The highest BCUT2D eigenvalue weighted by molar-refractivity contribution is 5.94. The molecule has 0 N–H and O–H groups in total. The van der Waals surface area contributed by atoms with Crippen LogP contribution in [0.15, 0.2) is 65.5 Å². The van der Waals surface area contributed by atoms with Gasteiger partial charge in [0, 0.05) is 62.0 Å². The first-order chi connectivity index (χ1) is 18.1. The van der Waals surface area contributed by atoms with Crippen molar-refractivity contribution in [3.05, 3.63) is 87.8 Å². The van der Waals surface area contributed by atoms with Crippen molar-refractivity contribution in [1.82, 2.24) is 14.4 Å². The van der Waals surface area contributed by atoms with E-state index in [4.69, 9.17) is 9.47 Å². The number of benzene rings is 2. The summed E-state index contributed by atoms with van der Waals surface area (Å²) in [4.78, 5) is 31.4. The summed E-state index contributed by atoms with van der Waals surface area (Å²) in [6, 6.07) is 19.7. The minimum absolute atomic E-state index is 0.0433. The zero-order chi connectivity index (χ0) is 25.4. The molecule has 2 unspecified atom stereocenters. The van der Waals surface area contributed by atoms with Crippen LogP contribution in [0.2, 0.25) is 0 Å². The van der Waals surface area contributed by atoms with Crippen LogP contribution in [0.1, 0.15) is 34.0 Å². The molecule has 2 fully saturated rings. The molecule has 1 aromatic heterocycles. The fourth-order valence-electron chi connectivity index (χ4n) is 6.15. The number of hydrogen-bond acceptors (Lipinski definition) is 5. The predicted molar refractivity (Wildman–Crippen MR) is 142 cm³/mol. The normalized spacial score (nSPS) is 21.4. The second-order valence-corrected chi connectivity index (χ2v) is 10.4. The quantitative estimate of drug-likeness (QED) is 0.537. The molecule has 0 aliphatic carbocycles. The molecule has 7 nitrogen and oxygen atoms in total. The van der Waals surface area contributed by atoms with Crippen LogP contribution in [-0.4, -0.2) is 66.8 Å². The number of fused-ring (bicyclic) bond motifs is 4. The van der Waals surface area contributed by atoms with E-state index >= 15 is 0 Å². The van der Waals surface area contributed by atoms with Crippen molar-refractivity contribution in [3.63, 3.8) is 0 Å². The van der Waals surface area contributed by atoms with Crippen LogP contribution in [0.3, 0.4) is 0 Å². The molecule has 3 aliphatic rings. The first-order valence-electron chi connectivity index (χ1n) is 13.2. The number of pyridine rings is 1. The molecule has 6 rings (SSSR count). The first kappa shape index (κ1) is 23.9. The molecule has 2 saturated heterocycles. The maximum Gasteiger partial charge on any atom is 0.258 e. The van der Waals surface area contributed by atoms with Crippen molar-refractivity contribution < 1.29 is 14.3 Å². The van der Waals surface area contributed by atoms with Gasteiger partial charge in [0.15, 0.2) is 0 Å². The van der Waals surface area contributed by atoms with Gasteiger partial charge in [0.25, 0.3) is 11.5 Å². The Hall–Kier alpha value is -3.42. The number of likely N-dealkylation sites (tertiary alicyclic amines) is 1. The van der Waals surface area contributed by atoms with E-state index in [1.165, 1.54) is 5.56 Å². The smallest absolute Gasteiger partial charge is 0.258 e. The summed E-state index contributed by atoms with van der Waals surface area (Å²) in [6.45, 7) is 6.10. The summed E-state index contributed by atoms with van der Waals surface area (Å²) in [5, 5.41) is 0. The summed E-state index contributed by atoms with van der Waals surface area (Å²) >= 11 is 0. The van der Waals surface area contributed by atoms with Gasteiger partial charge < -0.3 is 18.9 Å². The lowest BCUT2D eigenvalue weighted by molar-refractivity contribution is 0.0342. The van der Waals surface area contributed by atoms with Gasteiger partial charge in [-0.3, -0.25) is 14.5 Å². The molecule has 1 amide bonds. The van der Waals surface area contributed by atoms with Gasteiger partial charge in [0.1, 0.15) is 5.75 Å². The zero-order valence-electron chi connectivity index (χ0n) is 21.3. The van der Waals surface area contributed by atoms with E-state index in [0.29, 0.717) is 25.2 Å². The number of carbonyl (C=O) groups is 1. The highest BCUT2D eigenvalue weighted by Gasteiger charge is 2.37. The summed E-state index contributed by atoms with van der Waals surface area (Å²) in [6.07, 6.45) is 1.01. The minimum Gasteiger partial charge on any atom is -0.497 e. The average molecular weight is 500 g/mol. The van der Waals surface area contributed by atoms with Gasteiger partial charge in [-0.25, -0.2) is 0 Å². The van der Waals surface area contributed by atoms with Crippen molar-refractivity contribution in [3.8, 4) is 16.9 Å². The van der Waals surface area contributed by atoms with Gasteiger partial charge in [-0.15, -0.1) is 0 Å². The Morgan fingerprint density at radius 2 is 1.73 bits per heavy atom. The Labute approximate surface area is 217 Å². The van der Waals surface area contributed by atoms with E-state index in [0.717, 1.165) is 61.8 Å². The number of amides is 1. The third kappa shape index (κ3) is 4.69. The van der Waals surface area contributed by atoms with E-state index in [2.05, 4.69) is 23.1 Å². The van der Waals surface area contributed by atoms with Gasteiger partial charge in [0.05, 0.1) is 20.3 Å². The largest absolute Gasteiger partial charge is 0.497 e. The van der Waals surface area contributed by atoms with Crippen molar-refractivity contribution >= 4 is 5.91 Å². The highest BCUT2D eigenvalue weighted by atomic mass is 16.5. The fraction of sp³-hybridized carbons (Fsp3) is 0.400. The zero-order valence-corrected chi connectivity index (χ0v) is 21.3. The number of nitrogens with zero attached hydrogens (tertiary/aromatic N) is 3. The third-order valence-corrected chi connectivity index (χ3v) is 8.03. The fourth-order valence-corrected chi connectivity index (χ4v) is 6.15. The van der Waals surface area contributed by atoms with Gasteiger partial charge in [0.2, 0.25) is 0 Å². The van der Waals surface area contributed by atoms with Crippen LogP contribution in [0.5, 0.6) is 5.75 Å². The lowest BCUT2D eigenvalue weighted by Crippen LogP contribution is -2.49. The Morgan fingerprint density at radius 3 is 2.51 bits per heavy atom. The SMILES string of the molecule is COc1ccc(C(=O)N2CC3CC(C2)c2ccc(-c4ccccc4CN4CCOCC4)c(=O)n2C3)cc1. The number of carbonyl (C=O) groups excluding carboxylic acids is 1. The molecule has 2 aromatic carbocycles. The molecule has 2 atom stereocenters. The molecule has 0 radical (unpaired) electrons. The lowest BCUT2D eigenvalue weighted by atomic mass is 9.82. The van der Waals surface area contributed by atoms with Crippen LogP contribution in [-0.2, 0) is 17.8 Å². The maximum atomic E-state index is 13.8. The second kappa shape index (κ2) is 10.1. The third-order valence-electron chi connectivity index (χ3n) is 8.03. The van der Waals surface area contributed by atoms with Crippen molar-refractivity contribution in [1.29, 1.82) is 0 Å². The number of hydrogen-bond donors (Lipinski definition) is 0. The Morgan fingerprint density at radius 1 is 0.946 bits per heavy atom. The Bertz CT molecular complexity index is 1340. The van der Waals surface area contributed by atoms with Crippen LogP contribution in [0, 0.1) is 5.92 Å². The van der Waals surface area contributed by atoms with E-state index in [1.54, 1.807) is 7.11 Å².